The van der Waals surface area contributed by atoms with Gasteiger partial charge in [0.15, 0.2) is 0 Å². The van der Waals surface area contributed by atoms with E-state index in [4.69, 9.17) is 0 Å². The third-order valence-electron chi connectivity index (χ3n) is 5.19. The average molecular weight is 334 g/mol. The molecule has 5 heteroatoms. The van der Waals surface area contributed by atoms with Crippen LogP contribution in [0.5, 0.6) is 0 Å². The van der Waals surface area contributed by atoms with Crippen LogP contribution in [0.3, 0.4) is 0 Å². The van der Waals surface area contributed by atoms with Crippen LogP contribution in [0.1, 0.15) is 58.8 Å². The van der Waals surface area contributed by atoms with Crippen molar-refractivity contribution in [3.05, 3.63) is 12.4 Å². The van der Waals surface area contributed by atoms with Gasteiger partial charge in [-0.2, -0.15) is 0 Å². The van der Waals surface area contributed by atoms with Gasteiger partial charge in [0.2, 0.25) is 5.96 Å². The van der Waals surface area contributed by atoms with Gasteiger partial charge in [-0.3, -0.25) is 9.89 Å². The molecule has 5 nitrogen and oxygen atoms in total. The number of likely N-dealkylation sites (tertiary alicyclic amines) is 1. The third-order valence-corrected chi connectivity index (χ3v) is 5.19. The molecule has 2 aliphatic rings. The molecular weight excluding hydrogens is 298 g/mol. The predicted octanol–water partition coefficient (Wildman–Crippen LogP) is 3.15. The molecule has 0 aromatic carbocycles. The van der Waals surface area contributed by atoms with Gasteiger partial charge in [-0.05, 0) is 51.6 Å². The molecule has 24 heavy (non-hydrogen) atoms. The predicted molar refractivity (Wildman–Crippen MR) is 104 cm³/mol. The van der Waals surface area contributed by atoms with E-state index in [1.54, 1.807) is 6.21 Å². The van der Waals surface area contributed by atoms with Gasteiger partial charge in [0.25, 0.3) is 0 Å². The van der Waals surface area contributed by atoms with Gasteiger partial charge in [-0.25, -0.2) is 4.99 Å². The summed E-state index contributed by atoms with van der Waals surface area (Å²) >= 11 is 0. The van der Waals surface area contributed by atoms with Gasteiger partial charge in [0.1, 0.15) is 0 Å². The SMILES string of the molecule is C=C(NCC1CCCN1CC)NC(=NCC1CCCCC1)/N=C\C. The summed E-state index contributed by atoms with van der Waals surface area (Å²) in [5.74, 6) is 2.20. The van der Waals surface area contributed by atoms with Crippen LogP contribution in [0.15, 0.2) is 22.4 Å². The highest BCUT2D eigenvalue weighted by Crippen LogP contribution is 2.23. The van der Waals surface area contributed by atoms with Gasteiger partial charge >= 0.3 is 0 Å². The molecule has 0 bridgehead atoms. The van der Waals surface area contributed by atoms with E-state index in [1.165, 1.54) is 51.5 Å². The van der Waals surface area contributed by atoms with Crippen molar-refractivity contribution < 1.29 is 0 Å². The van der Waals surface area contributed by atoms with E-state index < -0.39 is 0 Å². The van der Waals surface area contributed by atoms with E-state index in [0.717, 1.165) is 31.4 Å². The van der Waals surface area contributed by atoms with Gasteiger partial charge in [0.05, 0.1) is 5.82 Å². The molecular formula is C19H35N5. The van der Waals surface area contributed by atoms with E-state index >= 15 is 0 Å². The molecule has 1 saturated carbocycles. The maximum Gasteiger partial charge on any atom is 0.223 e. The topological polar surface area (TPSA) is 52.0 Å². The monoisotopic (exact) mass is 333 g/mol. The molecule has 2 N–H and O–H groups in total. The van der Waals surface area contributed by atoms with Crippen LogP contribution in [0.25, 0.3) is 0 Å². The summed E-state index contributed by atoms with van der Waals surface area (Å²) in [6.45, 7) is 12.4. The Bertz CT molecular complexity index is 437. The summed E-state index contributed by atoms with van der Waals surface area (Å²) < 4.78 is 0. The first kappa shape index (κ1) is 19.0. The van der Waals surface area contributed by atoms with Crippen molar-refractivity contribution in [2.24, 2.45) is 15.9 Å². The summed E-state index contributed by atoms with van der Waals surface area (Å²) in [7, 11) is 0. The van der Waals surface area contributed by atoms with Crippen molar-refractivity contribution in [1.82, 2.24) is 15.5 Å². The Labute approximate surface area is 147 Å². The summed E-state index contributed by atoms with van der Waals surface area (Å²) in [5.41, 5.74) is 0. The van der Waals surface area contributed by atoms with Crippen LogP contribution in [0.2, 0.25) is 0 Å². The second-order valence-electron chi connectivity index (χ2n) is 6.96. The van der Waals surface area contributed by atoms with Gasteiger partial charge in [0, 0.05) is 25.3 Å². The van der Waals surface area contributed by atoms with Crippen LogP contribution in [0, 0.1) is 5.92 Å². The zero-order valence-corrected chi connectivity index (χ0v) is 15.6. The van der Waals surface area contributed by atoms with Crippen molar-refractivity contribution in [3.8, 4) is 0 Å². The van der Waals surface area contributed by atoms with Crippen molar-refractivity contribution in [2.45, 2.75) is 64.8 Å². The van der Waals surface area contributed by atoms with Gasteiger partial charge in [-0.1, -0.05) is 32.8 Å². The zero-order valence-electron chi connectivity index (χ0n) is 15.6. The highest BCUT2D eigenvalue weighted by atomic mass is 15.2. The number of guanidine groups is 1. The largest absolute Gasteiger partial charge is 0.370 e. The molecule has 0 aromatic heterocycles. The van der Waals surface area contributed by atoms with Crippen LogP contribution in [-0.4, -0.2) is 49.3 Å². The normalized spacial score (nSPS) is 23.8. The molecule has 136 valence electrons. The Morgan fingerprint density at radius 3 is 2.71 bits per heavy atom. The van der Waals surface area contributed by atoms with Crippen LogP contribution in [0.4, 0.5) is 0 Å². The zero-order chi connectivity index (χ0) is 17.2. The number of hydrogen-bond acceptors (Lipinski definition) is 3. The summed E-state index contributed by atoms with van der Waals surface area (Å²) in [4.78, 5) is 11.6. The maximum absolute atomic E-state index is 4.68. The number of nitrogens with one attached hydrogen (secondary N) is 2. The fraction of sp³-hybridized carbons (Fsp3) is 0.789. The Morgan fingerprint density at radius 2 is 2.00 bits per heavy atom. The third kappa shape index (κ3) is 6.27. The summed E-state index contributed by atoms with van der Waals surface area (Å²) in [6.07, 6.45) is 11.1. The molecule has 0 radical (unpaired) electrons. The Kier molecular flexibility index (Phi) is 8.29. The lowest BCUT2D eigenvalue weighted by Crippen LogP contribution is -2.40. The quantitative estimate of drug-likeness (QED) is 0.556. The molecule has 0 amide bonds. The molecule has 0 spiro atoms. The first-order valence-corrected chi connectivity index (χ1v) is 9.70. The average Bonchev–Trinajstić information content (AvgIpc) is 3.06. The molecule has 1 unspecified atom stereocenters. The number of rotatable bonds is 7. The number of likely N-dealkylation sites (N-methyl/N-ethyl adjacent to an activating group) is 1. The molecule has 0 aromatic rings. The summed E-state index contributed by atoms with van der Waals surface area (Å²) in [6, 6.07) is 0.617. The molecule has 1 aliphatic heterocycles. The van der Waals surface area contributed by atoms with Crippen LogP contribution >= 0.6 is 0 Å². The fourth-order valence-electron chi connectivity index (χ4n) is 3.78. The lowest BCUT2D eigenvalue weighted by molar-refractivity contribution is 0.264. The van der Waals surface area contributed by atoms with Crippen molar-refractivity contribution >= 4 is 12.2 Å². The second kappa shape index (κ2) is 10.5. The summed E-state index contributed by atoms with van der Waals surface area (Å²) in [5, 5.41) is 6.66. The minimum Gasteiger partial charge on any atom is -0.370 e. The number of aliphatic imine (C=N–C) groups is 2. The van der Waals surface area contributed by atoms with Crippen LogP contribution in [-0.2, 0) is 0 Å². The van der Waals surface area contributed by atoms with E-state index in [9.17, 15) is 0 Å². The fourth-order valence-corrected chi connectivity index (χ4v) is 3.78. The molecule has 2 fully saturated rings. The lowest BCUT2D eigenvalue weighted by Gasteiger charge is -2.24. The van der Waals surface area contributed by atoms with Crippen molar-refractivity contribution in [1.29, 1.82) is 0 Å². The Balaban J connectivity index is 1.77. The second-order valence-corrected chi connectivity index (χ2v) is 6.96. The standard InChI is InChI=1S/C19H35N5/c1-4-20-19(22-14-17-10-7-6-8-11-17)23-16(3)21-15-18-12-9-13-24(18)5-2/h4,17-18,21H,3,5-15H2,1-2H3,(H,22,23)/b20-4-. The molecule has 1 saturated heterocycles. The van der Waals surface area contributed by atoms with E-state index in [1.807, 2.05) is 6.92 Å². The van der Waals surface area contributed by atoms with E-state index in [0.29, 0.717) is 12.0 Å². The Hall–Kier alpha value is -1.36. The van der Waals surface area contributed by atoms with Crippen molar-refractivity contribution in [2.75, 3.05) is 26.2 Å². The lowest BCUT2D eigenvalue weighted by atomic mass is 9.89. The van der Waals surface area contributed by atoms with Gasteiger partial charge < -0.3 is 10.6 Å². The smallest absolute Gasteiger partial charge is 0.223 e. The van der Waals surface area contributed by atoms with E-state index in [-0.39, 0.29) is 0 Å². The highest BCUT2D eigenvalue weighted by Gasteiger charge is 2.22. The minimum atomic E-state index is 0.617. The molecule has 1 heterocycles. The first-order valence-electron chi connectivity index (χ1n) is 9.70. The number of nitrogens with zero attached hydrogens (tertiary/aromatic N) is 3. The van der Waals surface area contributed by atoms with Gasteiger partial charge in [-0.15, -0.1) is 0 Å². The van der Waals surface area contributed by atoms with Crippen LogP contribution < -0.4 is 10.6 Å². The molecule has 1 atom stereocenters. The number of hydrogen-bond donors (Lipinski definition) is 2. The molecule has 1 aliphatic carbocycles. The Morgan fingerprint density at radius 1 is 1.21 bits per heavy atom. The molecule has 2 rings (SSSR count). The minimum absolute atomic E-state index is 0.617. The maximum atomic E-state index is 4.68. The van der Waals surface area contributed by atoms with E-state index in [2.05, 4.69) is 39.0 Å². The highest BCUT2D eigenvalue weighted by molar-refractivity contribution is 5.88. The first-order chi connectivity index (χ1) is 11.7. The van der Waals surface area contributed by atoms with Crippen molar-refractivity contribution in [3.63, 3.8) is 0 Å².